The summed E-state index contributed by atoms with van der Waals surface area (Å²) in [5.74, 6) is 0. The maximum Gasteiger partial charge on any atom is 0.529 e. The fourth-order valence-corrected chi connectivity index (χ4v) is 4.99. The van der Waals surface area contributed by atoms with Crippen LogP contribution in [-0.2, 0) is 13.3 Å². The molecule has 0 fully saturated rings. The van der Waals surface area contributed by atoms with Gasteiger partial charge >= 0.3 is 8.80 Å². The molecule has 0 aliphatic carbocycles. The van der Waals surface area contributed by atoms with Gasteiger partial charge in [0.1, 0.15) is 0 Å². The second-order valence-electron chi connectivity index (χ2n) is 7.17. The molecule has 26 heavy (non-hydrogen) atoms. The van der Waals surface area contributed by atoms with Gasteiger partial charge in [0.25, 0.3) is 0 Å². The van der Waals surface area contributed by atoms with E-state index in [9.17, 15) is 0 Å². The summed E-state index contributed by atoms with van der Waals surface area (Å²) in [6.07, 6.45) is 17.6. The van der Waals surface area contributed by atoms with E-state index in [1.165, 1.54) is 57.8 Å². The fraction of sp³-hybridized carbons (Fsp3) is 0.909. The predicted octanol–water partition coefficient (Wildman–Crippen LogP) is 7.22. The van der Waals surface area contributed by atoms with Gasteiger partial charge in [-0.25, -0.2) is 0 Å². The van der Waals surface area contributed by atoms with Crippen molar-refractivity contribution in [2.75, 3.05) is 19.8 Å². The smallest absolute Gasteiger partial charge is 0.370 e. The number of hydrogen-bond donors (Lipinski definition) is 0. The van der Waals surface area contributed by atoms with Crippen molar-refractivity contribution in [3.8, 4) is 0 Å². The summed E-state index contributed by atoms with van der Waals surface area (Å²) in [7, 11) is -2.69. The summed E-state index contributed by atoms with van der Waals surface area (Å²) < 4.78 is 18.9. The number of allylic oxidation sites excluding steroid dienone is 1. The highest BCUT2D eigenvalue weighted by Gasteiger charge is 2.38. The molecule has 0 saturated heterocycles. The highest BCUT2D eigenvalue weighted by atomic mass is 28.4. The van der Waals surface area contributed by atoms with Crippen molar-refractivity contribution in [2.24, 2.45) is 0 Å². The van der Waals surface area contributed by atoms with E-state index in [4.69, 9.17) is 13.3 Å². The SMILES string of the molecule is CCCCCC=C[Si](OCCCCC)(OCCCCC)OCCCCC. The molecule has 0 aliphatic heterocycles. The Hall–Kier alpha value is -0.163. The Morgan fingerprint density at radius 3 is 1.31 bits per heavy atom. The van der Waals surface area contributed by atoms with Crippen LogP contribution < -0.4 is 0 Å². The molecule has 0 unspecified atom stereocenters. The van der Waals surface area contributed by atoms with Gasteiger partial charge in [-0.3, -0.25) is 0 Å². The second kappa shape index (κ2) is 19.6. The second-order valence-corrected chi connectivity index (χ2v) is 9.57. The first-order chi connectivity index (χ1) is 12.7. The quantitative estimate of drug-likeness (QED) is 0.163. The summed E-state index contributed by atoms with van der Waals surface area (Å²) in [6.45, 7) is 11.2. The Labute approximate surface area is 165 Å². The van der Waals surface area contributed by atoms with Crippen LogP contribution in [0.15, 0.2) is 11.8 Å². The third-order valence-electron chi connectivity index (χ3n) is 4.45. The van der Waals surface area contributed by atoms with Crippen LogP contribution in [0, 0.1) is 0 Å². The highest BCUT2D eigenvalue weighted by Crippen LogP contribution is 2.17. The normalized spacial score (nSPS) is 12.3. The van der Waals surface area contributed by atoms with Gasteiger partial charge in [0.2, 0.25) is 0 Å². The zero-order chi connectivity index (χ0) is 19.3. The number of hydrogen-bond acceptors (Lipinski definition) is 3. The average molecular weight is 387 g/mol. The molecule has 0 atom stereocenters. The van der Waals surface area contributed by atoms with E-state index in [0.717, 1.165) is 45.5 Å². The van der Waals surface area contributed by atoms with E-state index >= 15 is 0 Å². The molecule has 0 rings (SSSR count). The predicted molar refractivity (Wildman–Crippen MR) is 115 cm³/mol. The zero-order valence-corrected chi connectivity index (χ0v) is 19.2. The van der Waals surface area contributed by atoms with Gasteiger partial charge in [0.05, 0.1) is 0 Å². The maximum atomic E-state index is 6.31. The highest BCUT2D eigenvalue weighted by molar-refractivity contribution is 6.66. The van der Waals surface area contributed by atoms with Crippen LogP contribution in [0.4, 0.5) is 0 Å². The molecule has 0 spiro atoms. The van der Waals surface area contributed by atoms with Crippen LogP contribution in [0.2, 0.25) is 0 Å². The van der Waals surface area contributed by atoms with Gasteiger partial charge in [-0.15, -0.1) is 0 Å². The van der Waals surface area contributed by atoms with Crippen molar-refractivity contribution in [3.05, 3.63) is 11.8 Å². The molecule has 0 aromatic heterocycles. The average Bonchev–Trinajstić information content (AvgIpc) is 2.65. The molecule has 0 aromatic carbocycles. The molecule has 0 heterocycles. The van der Waals surface area contributed by atoms with Crippen LogP contribution in [-0.4, -0.2) is 28.6 Å². The summed E-state index contributed by atoms with van der Waals surface area (Å²) in [5, 5.41) is 0. The van der Waals surface area contributed by atoms with Gasteiger partial charge in [0.15, 0.2) is 0 Å². The lowest BCUT2D eigenvalue weighted by molar-refractivity contribution is 0.0675. The van der Waals surface area contributed by atoms with E-state index in [-0.39, 0.29) is 0 Å². The van der Waals surface area contributed by atoms with Crippen molar-refractivity contribution in [1.29, 1.82) is 0 Å². The molecule has 0 aliphatic rings. The fourth-order valence-electron chi connectivity index (χ4n) is 2.71. The van der Waals surface area contributed by atoms with E-state index < -0.39 is 8.80 Å². The summed E-state index contributed by atoms with van der Waals surface area (Å²) in [4.78, 5) is 0. The third kappa shape index (κ3) is 14.9. The molecule has 0 bridgehead atoms. The molecular formula is C22H46O3Si. The lowest BCUT2D eigenvalue weighted by Gasteiger charge is -2.27. The van der Waals surface area contributed by atoms with Crippen molar-refractivity contribution in [2.45, 2.75) is 111 Å². The summed E-state index contributed by atoms with van der Waals surface area (Å²) in [5.41, 5.74) is 2.17. The van der Waals surface area contributed by atoms with Gasteiger partial charge in [0, 0.05) is 19.8 Å². The number of unbranched alkanes of at least 4 members (excludes halogenated alkanes) is 9. The first-order valence-corrected chi connectivity index (χ1v) is 13.1. The molecule has 0 radical (unpaired) electrons. The van der Waals surface area contributed by atoms with Crippen LogP contribution in [0.25, 0.3) is 0 Å². The Morgan fingerprint density at radius 2 is 0.923 bits per heavy atom. The first kappa shape index (κ1) is 25.8. The molecular weight excluding hydrogens is 340 g/mol. The first-order valence-electron chi connectivity index (χ1n) is 11.3. The van der Waals surface area contributed by atoms with E-state index in [1.54, 1.807) is 0 Å². The van der Waals surface area contributed by atoms with Crippen LogP contribution in [0.3, 0.4) is 0 Å². The molecule has 0 saturated carbocycles. The molecule has 0 amide bonds. The monoisotopic (exact) mass is 386 g/mol. The van der Waals surface area contributed by atoms with Crippen molar-refractivity contribution in [1.82, 2.24) is 0 Å². The largest absolute Gasteiger partial charge is 0.529 e. The minimum atomic E-state index is -2.69. The zero-order valence-electron chi connectivity index (χ0n) is 18.2. The van der Waals surface area contributed by atoms with Crippen molar-refractivity contribution < 1.29 is 13.3 Å². The molecule has 0 aromatic rings. The topological polar surface area (TPSA) is 27.7 Å². The Bertz CT molecular complexity index is 276. The van der Waals surface area contributed by atoms with Crippen LogP contribution in [0.1, 0.15) is 111 Å². The van der Waals surface area contributed by atoms with Gasteiger partial charge < -0.3 is 13.3 Å². The Kier molecular flexibility index (Phi) is 19.5. The molecule has 156 valence electrons. The lowest BCUT2D eigenvalue weighted by Crippen LogP contribution is -2.45. The van der Waals surface area contributed by atoms with Gasteiger partial charge in [-0.05, 0) is 37.8 Å². The van der Waals surface area contributed by atoms with Gasteiger partial charge in [-0.1, -0.05) is 85.1 Å². The molecule has 0 N–H and O–H groups in total. The minimum absolute atomic E-state index is 0.751. The van der Waals surface area contributed by atoms with Crippen molar-refractivity contribution in [3.63, 3.8) is 0 Å². The van der Waals surface area contributed by atoms with E-state index in [0.29, 0.717) is 0 Å². The lowest BCUT2D eigenvalue weighted by atomic mass is 10.2. The number of rotatable bonds is 20. The van der Waals surface area contributed by atoms with Crippen molar-refractivity contribution >= 4 is 8.80 Å². The minimum Gasteiger partial charge on any atom is -0.370 e. The Morgan fingerprint density at radius 1 is 0.538 bits per heavy atom. The standard InChI is InChI=1S/C22H46O3Si/c1-5-9-13-14-18-22-26(23-19-15-10-6-2,24-20-16-11-7-3)25-21-17-12-8-4/h18,22H,5-17,19-21H2,1-4H3. The third-order valence-corrected chi connectivity index (χ3v) is 6.91. The van der Waals surface area contributed by atoms with E-state index in [1.807, 2.05) is 0 Å². The van der Waals surface area contributed by atoms with Crippen LogP contribution in [0.5, 0.6) is 0 Å². The maximum absolute atomic E-state index is 6.31. The van der Waals surface area contributed by atoms with Gasteiger partial charge in [-0.2, -0.15) is 0 Å². The summed E-state index contributed by atoms with van der Waals surface area (Å²) in [6, 6.07) is 0. The van der Waals surface area contributed by atoms with Crippen LogP contribution >= 0.6 is 0 Å². The molecule has 4 heteroatoms. The Balaban J connectivity index is 4.78. The molecule has 3 nitrogen and oxygen atoms in total. The van der Waals surface area contributed by atoms with E-state index in [2.05, 4.69) is 39.5 Å². The summed E-state index contributed by atoms with van der Waals surface area (Å²) >= 11 is 0.